The van der Waals surface area contributed by atoms with E-state index in [4.69, 9.17) is 0 Å². The van der Waals surface area contributed by atoms with Crippen LogP contribution in [-0.2, 0) is 0 Å². The summed E-state index contributed by atoms with van der Waals surface area (Å²) in [5.41, 5.74) is 1.32. The minimum Gasteiger partial charge on any atom is -0.351 e. The highest BCUT2D eigenvalue weighted by Crippen LogP contribution is 2.19. The van der Waals surface area contributed by atoms with Crippen molar-refractivity contribution in [1.29, 1.82) is 0 Å². The maximum absolute atomic E-state index is 12.5. The molecule has 1 aromatic carbocycles. The molecule has 0 atom stereocenters. The monoisotopic (exact) mass is 370 g/mol. The van der Waals surface area contributed by atoms with Gasteiger partial charge in [0.2, 0.25) is 0 Å². The summed E-state index contributed by atoms with van der Waals surface area (Å²) in [6, 6.07) is 8.91. The number of para-hydroxylation sites is 2. The molecule has 1 amide bonds. The summed E-state index contributed by atoms with van der Waals surface area (Å²) < 4.78 is 1.56. The first-order valence-corrected chi connectivity index (χ1v) is 9.96. The maximum atomic E-state index is 12.5. The number of likely N-dealkylation sites (tertiary alicyclic amines) is 1. The lowest BCUT2D eigenvalue weighted by atomic mass is 10.1. The molecule has 7 heteroatoms. The number of aromatic nitrogens is 2. The molecular weight excluding hydrogens is 348 g/mol. The molecule has 1 aliphatic heterocycles. The first kappa shape index (κ1) is 17.2. The SMILES string of the molecule is O=C(NCCCN1CCCCC1)c1cc(=O)n2c(nc3ccccc32)s1. The second-order valence-electron chi connectivity index (χ2n) is 6.68. The zero-order valence-corrected chi connectivity index (χ0v) is 15.4. The zero-order chi connectivity index (χ0) is 17.9. The number of amides is 1. The summed E-state index contributed by atoms with van der Waals surface area (Å²) >= 11 is 1.25. The van der Waals surface area contributed by atoms with Gasteiger partial charge in [0.25, 0.3) is 11.5 Å². The summed E-state index contributed by atoms with van der Waals surface area (Å²) in [4.78, 5) is 32.8. The number of fused-ring (bicyclic) bond motifs is 3. The normalized spacial score (nSPS) is 15.5. The van der Waals surface area contributed by atoms with Crippen LogP contribution in [0.25, 0.3) is 16.0 Å². The van der Waals surface area contributed by atoms with Crippen molar-refractivity contribution in [3.05, 3.63) is 45.6 Å². The predicted molar refractivity (Wildman–Crippen MR) is 104 cm³/mol. The molecule has 1 aliphatic rings. The van der Waals surface area contributed by atoms with Crippen LogP contribution in [0.1, 0.15) is 35.4 Å². The minimum atomic E-state index is -0.217. The van der Waals surface area contributed by atoms with E-state index in [1.54, 1.807) is 4.40 Å². The van der Waals surface area contributed by atoms with Crippen molar-refractivity contribution >= 4 is 33.2 Å². The summed E-state index contributed by atoms with van der Waals surface area (Å²) in [5, 5.41) is 2.93. The number of nitrogens with zero attached hydrogens (tertiary/aromatic N) is 3. The number of benzene rings is 1. The molecule has 26 heavy (non-hydrogen) atoms. The fraction of sp³-hybridized carbons (Fsp3) is 0.421. The number of hydrogen-bond acceptors (Lipinski definition) is 5. The van der Waals surface area contributed by atoms with Crippen LogP contribution in [0.4, 0.5) is 0 Å². The molecule has 0 saturated carbocycles. The molecule has 6 nitrogen and oxygen atoms in total. The van der Waals surface area contributed by atoms with Gasteiger partial charge in [0.05, 0.1) is 11.0 Å². The van der Waals surface area contributed by atoms with E-state index in [-0.39, 0.29) is 11.5 Å². The van der Waals surface area contributed by atoms with Crippen molar-refractivity contribution in [3.63, 3.8) is 0 Å². The number of carbonyl (C=O) groups excluding carboxylic acids is 1. The van der Waals surface area contributed by atoms with E-state index in [0.717, 1.165) is 24.0 Å². The second kappa shape index (κ2) is 7.55. The maximum Gasteiger partial charge on any atom is 0.261 e. The Bertz CT molecular complexity index is 988. The topological polar surface area (TPSA) is 66.7 Å². The highest BCUT2D eigenvalue weighted by atomic mass is 32.1. The van der Waals surface area contributed by atoms with Gasteiger partial charge in [-0.1, -0.05) is 29.9 Å². The smallest absolute Gasteiger partial charge is 0.261 e. The van der Waals surface area contributed by atoms with Crippen molar-refractivity contribution in [1.82, 2.24) is 19.6 Å². The zero-order valence-electron chi connectivity index (χ0n) is 14.6. The predicted octanol–water partition coefficient (Wildman–Crippen LogP) is 2.52. The lowest BCUT2D eigenvalue weighted by Gasteiger charge is -2.26. The average molecular weight is 370 g/mol. The fourth-order valence-corrected chi connectivity index (χ4v) is 4.42. The minimum absolute atomic E-state index is 0.194. The second-order valence-corrected chi connectivity index (χ2v) is 7.69. The van der Waals surface area contributed by atoms with Gasteiger partial charge in [-0.3, -0.25) is 14.0 Å². The molecule has 0 unspecified atom stereocenters. The van der Waals surface area contributed by atoms with E-state index in [9.17, 15) is 9.59 Å². The van der Waals surface area contributed by atoms with Gasteiger partial charge in [-0.25, -0.2) is 4.98 Å². The molecule has 3 aromatic rings. The molecular formula is C19H22N4O2S. The molecule has 0 radical (unpaired) electrons. The van der Waals surface area contributed by atoms with Gasteiger partial charge in [0.15, 0.2) is 4.96 Å². The van der Waals surface area contributed by atoms with Crippen LogP contribution in [0.15, 0.2) is 35.1 Å². The van der Waals surface area contributed by atoms with Crippen LogP contribution < -0.4 is 10.9 Å². The standard InChI is InChI=1S/C19H22N4O2S/c24-17-13-16(18(25)20-9-6-12-22-10-4-1-5-11-22)26-19-21-14-7-2-3-8-15(14)23(17)19/h2-3,7-8,13H,1,4-6,9-12H2,(H,20,25). The largest absolute Gasteiger partial charge is 0.351 e. The van der Waals surface area contributed by atoms with E-state index in [1.165, 1.54) is 49.8 Å². The third-order valence-electron chi connectivity index (χ3n) is 4.82. The molecule has 3 heterocycles. The van der Waals surface area contributed by atoms with Crippen molar-refractivity contribution < 1.29 is 4.79 Å². The number of nitrogens with one attached hydrogen (secondary N) is 1. The van der Waals surface area contributed by atoms with Crippen molar-refractivity contribution in [2.75, 3.05) is 26.2 Å². The Balaban J connectivity index is 1.43. The summed E-state index contributed by atoms with van der Waals surface area (Å²) in [7, 11) is 0. The third-order valence-corrected chi connectivity index (χ3v) is 5.79. The Morgan fingerprint density at radius 2 is 2.00 bits per heavy atom. The number of carbonyl (C=O) groups is 1. The highest BCUT2D eigenvalue weighted by molar-refractivity contribution is 7.18. The Morgan fingerprint density at radius 3 is 2.85 bits per heavy atom. The lowest BCUT2D eigenvalue weighted by molar-refractivity contribution is 0.0955. The fourth-order valence-electron chi connectivity index (χ4n) is 3.48. The molecule has 136 valence electrons. The van der Waals surface area contributed by atoms with Crippen molar-refractivity contribution in [3.8, 4) is 0 Å². The van der Waals surface area contributed by atoms with Crippen LogP contribution in [0.3, 0.4) is 0 Å². The Hall–Kier alpha value is -2.25. The number of hydrogen-bond donors (Lipinski definition) is 1. The van der Waals surface area contributed by atoms with Crippen LogP contribution in [0.5, 0.6) is 0 Å². The summed E-state index contributed by atoms with van der Waals surface area (Å²) in [6.07, 6.45) is 4.81. The molecule has 0 bridgehead atoms. The van der Waals surface area contributed by atoms with Crippen LogP contribution in [0, 0.1) is 0 Å². The van der Waals surface area contributed by atoms with E-state index in [2.05, 4.69) is 15.2 Å². The lowest BCUT2D eigenvalue weighted by Crippen LogP contribution is -2.33. The van der Waals surface area contributed by atoms with E-state index in [0.29, 0.717) is 16.4 Å². The van der Waals surface area contributed by atoms with Crippen molar-refractivity contribution in [2.45, 2.75) is 25.7 Å². The number of piperidine rings is 1. The van der Waals surface area contributed by atoms with Crippen molar-refractivity contribution in [2.24, 2.45) is 0 Å². The van der Waals surface area contributed by atoms with E-state index in [1.807, 2.05) is 24.3 Å². The average Bonchev–Trinajstić information content (AvgIpc) is 3.05. The summed E-state index contributed by atoms with van der Waals surface area (Å²) in [6.45, 7) is 3.97. The molecule has 4 rings (SSSR count). The van der Waals surface area contributed by atoms with Gasteiger partial charge >= 0.3 is 0 Å². The third kappa shape index (κ3) is 3.50. The molecule has 0 spiro atoms. The van der Waals surface area contributed by atoms with Gasteiger partial charge in [-0.15, -0.1) is 0 Å². The number of rotatable bonds is 5. The van der Waals surface area contributed by atoms with Crippen LogP contribution >= 0.6 is 11.3 Å². The molecule has 1 N–H and O–H groups in total. The Labute approximate surface area is 155 Å². The highest BCUT2D eigenvalue weighted by Gasteiger charge is 2.14. The van der Waals surface area contributed by atoms with Gasteiger partial charge < -0.3 is 10.2 Å². The quantitative estimate of drug-likeness (QED) is 0.701. The van der Waals surface area contributed by atoms with Gasteiger partial charge in [-0.05, 0) is 51.0 Å². The number of imidazole rings is 1. The van der Waals surface area contributed by atoms with Crippen LogP contribution in [-0.4, -0.2) is 46.4 Å². The molecule has 2 aromatic heterocycles. The van der Waals surface area contributed by atoms with Gasteiger partial charge in [0.1, 0.15) is 4.88 Å². The molecule has 1 saturated heterocycles. The summed E-state index contributed by atoms with van der Waals surface area (Å²) in [5.74, 6) is -0.194. The molecule has 1 fully saturated rings. The van der Waals surface area contributed by atoms with E-state index >= 15 is 0 Å². The first-order chi connectivity index (χ1) is 12.7. The van der Waals surface area contributed by atoms with Gasteiger partial charge in [-0.2, -0.15) is 0 Å². The first-order valence-electron chi connectivity index (χ1n) is 9.14. The van der Waals surface area contributed by atoms with E-state index < -0.39 is 0 Å². The Morgan fingerprint density at radius 1 is 1.19 bits per heavy atom. The Kier molecular flexibility index (Phi) is 4.99. The molecule has 0 aliphatic carbocycles. The van der Waals surface area contributed by atoms with Gasteiger partial charge in [0, 0.05) is 12.6 Å². The van der Waals surface area contributed by atoms with Crippen LogP contribution in [0.2, 0.25) is 0 Å².